The first-order chi connectivity index (χ1) is 19.5. The van der Waals surface area contributed by atoms with E-state index in [9.17, 15) is 9.18 Å². The molecular formula is C32H39ClFN5O. The number of aromatic nitrogens is 1. The molecule has 1 N–H and O–H groups in total. The van der Waals surface area contributed by atoms with E-state index in [1.54, 1.807) is 6.07 Å². The fraction of sp³-hybridized carbons (Fsp3) is 0.438. The summed E-state index contributed by atoms with van der Waals surface area (Å²) in [7, 11) is 0. The van der Waals surface area contributed by atoms with Gasteiger partial charge in [-0.3, -0.25) is 19.6 Å². The first-order valence-electron chi connectivity index (χ1n) is 14.4. The lowest BCUT2D eigenvalue weighted by molar-refractivity contribution is -0.121. The standard InChI is InChI=1S/C32H39ClFN5O/c33-27-7-5-6-25(22-27)13-16-36-32(40)12-11-26-23-37(24-28-8-3-4-15-35-28)17-14-30(26)38-18-20-39(21-19-38)31-10-2-1-9-29(31)34/h1-10,15,22,26,30H,11-14,16-21,23-24H2,(H,36,40)/t26-,30+/m1/s1. The van der Waals surface area contributed by atoms with Crippen molar-refractivity contribution in [3.8, 4) is 0 Å². The third kappa shape index (κ3) is 7.80. The lowest BCUT2D eigenvalue weighted by Gasteiger charge is -2.47. The van der Waals surface area contributed by atoms with Crippen LogP contribution in [0.4, 0.5) is 10.1 Å². The summed E-state index contributed by atoms with van der Waals surface area (Å²) in [6.45, 7) is 6.83. The molecule has 212 valence electrons. The smallest absolute Gasteiger partial charge is 0.220 e. The minimum Gasteiger partial charge on any atom is -0.367 e. The van der Waals surface area contributed by atoms with E-state index in [1.165, 1.54) is 6.07 Å². The second kappa shape index (κ2) is 14.1. The lowest BCUT2D eigenvalue weighted by Crippen LogP contribution is -2.57. The van der Waals surface area contributed by atoms with Gasteiger partial charge in [-0.1, -0.05) is 41.9 Å². The predicted molar refractivity (Wildman–Crippen MR) is 159 cm³/mol. The second-order valence-corrected chi connectivity index (χ2v) is 11.4. The van der Waals surface area contributed by atoms with Crippen molar-refractivity contribution in [3.05, 3.63) is 95.0 Å². The number of pyridine rings is 1. The molecule has 3 heterocycles. The van der Waals surface area contributed by atoms with Gasteiger partial charge in [0, 0.05) is 76.0 Å². The topological polar surface area (TPSA) is 51.7 Å². The van der Waals surface area contributed by atoms with Crippen LogP contribution in [0.5, 0.6) is 0 Å². The molecule has 0 aliphatic carbocycles. The van der Waals surface area contributed by atoms with Crippen LogP contribution in [0.25, 0.3) is 0 Å². The monoisotopic (exact) mass is 563 g/mol. The zero-order chi connectivity index (χ0) is 27.7. The number of benzene rings is 2. The minimum absolute atomic E-state index is 0.104. The molecule has 2 saturated heterocycles. The zero-order valence-corrected chi connectivity index (χ0v) is 23.8. The fourth-order valence-electron chi connectivity index (χ4n) is 6.17. The van der Waals surface area contributed by atoms with Crippen LogP contribution in [0.2, 0.25) is 5.02 Å². The van der Waals surface area contributed by atoms with Crippen LogP contribution < -0.4 is 10.2 Å². The number of nitrogens with zero attached hydrogens (tertiary/aromatic N) is 4. The molecule has 8 heteroatoms. The highest BCUT2D eigenvalue weighted by atomic mass is 35.5. The molecule has 0 saturated carbocycles. The summed E-state index contributed by atoms with van der Waals surface area (Å²) in [6.07, 6.45) is 5.04. The van der Waals surface area contributed by atoms with Gasteiger partial charge in [0.15, 0.2) is 0 Å². The van der Waals surface area contributed by atoms with Gasteiger partial charge in [-0.2, -0.15) is 0 Å². The first kappa shape index (κ1) is 28.5. The molecule has 3 aromatic rings. The summed E-state index contributed by atoms with van der Waals surface area (Å²) in [5, 5.41) is 3.82. The van der Waals surface area contributed by atoms with E-state index in [4.69, 9.17) is 11.6 Å². The summed E-state index contributed by atoms with van der Waals surface area (Å²) in [5.41, 5.74) is 2.90. The average molecular weight is 564 g/mol. The van der Waals surface area contributed by atoms with Gasteiger partial charge < -0.3 is 10.2 Å². The Balaban J connectivity index is 1.17. The number of piperidine rings is 1. The van der Waals surface area contributed by atoms with Crippen molar-refractivity contribution < 1.29 is 9.18 Å². The number of rotatable bonds is 10. The Bertz CT molecular complexity index is 1240. The number of piperazine rings is 1. The number of halogens is 2. The van der Waals surface area contributed by atoms with Crippen LogP contribution in [0.15, 0.2) is 72.9 Å². The van der Waals surface area contributed by atoms with E-state index in [2.05, 4.69) is 31.1 Å². The molecule has 0 unspecified atom stereocenters. The quantitative estimate of drug-likeness (QED) is 0.375. The minimum atomic E-state index is -0.155. The summed E-state index contributed by atoms with van der Waals surface area (Å²) in [5.74, 6) is 0.334. The maximum absolute atomic E-state index is 14.4. The molecule has 2 atom stereocenters. The van der Waals surface area contributed by atoms with E-state index in [1.807, 2.05) is 54.7 Å². The van der Waals surface area contributed by atoms with Crippen LogP contribution in [0, 0.1) is 11.7 Å². The van der Waals surface area contributed by atoms with Gasteiger partial charge in [0.2, 0.25) is 5.91 Å². The van der Waals surface area contributed by atoms with Crippen LogP contribution in [-0.2, 0) is 17.8 Å². The van der Waals surface area contributed by atoms with Crippen LogP contribution in [-0.4, -0.2) is 72.5 Å². The number of anilines is 1. The highest BCUT2D eigenvalue weighted by molar-refractivity contribution is 6.30. The summed E-state index contributed by atoms with van der Waals surface area (Å²) in [6, 6.07) is 21.3. The Labute approximate surface area is 242 Å². The van der Waals surface area contributed by atoms with E-state index >= 15 is 0 Å². The molecule has 1 aromatic heterocycles. The molecule has 5 rings (SSSR count). The van der Waals surface area contributed by atoms with Crippen LogP contribution in [0.3, 0.4) is 0 Å². The molecule has 0 radical (unpaired) electrons. The van der Waals surface area contributed by atoms with Gasteiger partial charge >= 0.3 is 0 Å². The molecule has 2 aliphatic rings. The summed E-state index contributed by atoms with van der Waals surface area (Å²) < 4.78 is 14.4. The number of carbonyl (C=O) groups excluding carboxylic acids is 1. The molecule has 2 aliphatic heterocycles. The van der Waals surface area contributed by atoms with E-state index in [-0.39, 0.29) is 11.7 Å². The molecule has 2 aromatic carbocycles. The van der Waals surface area contributed by atoms with Gasteiger partial charge in [-0.05, 0) is 67.1 Å². The Morgan fingerprint density at radius 2 is 1.82 bits per heavy atom. The number of likely N-dealkylation sites (tertiary alicyclic amines) is 1. The zero-order valence-electron chi connectivity index (χ0n) is 23.0. The molecule has 1 amide bonds. The van der Waals surface area contributed by atoms with Crippen LogP contribution in [0.1, 0.15) is 30.5 Å². The Morgan fingerprint density at radius 3 is 2.60 bits per heavy atom. The van der Waals surface area contributed by atoms with E-state index < -0.39 is 0 Å². The number of hydrogen-bond acceptors (Lipinski definition) is 5. The van der Waals surface area contributed by atoms with Gasteiger partial charge in [-0.25, -0.2) is 4.39 Å². The molecular weight excluding hydrogens is 525 g/mol. The van der Waals surface area contributed by atoms with E-state index in [0.717, 1.165) is 81.4 Å². The van der Waals surface area contributed by atoms with Gasteiger partial charge in [0.1, 0.15) is 5.82 Å². The van der Waals surface area contributed by atoms with Crippen molar-refractivity contribution in [1.29, 1.82) is 0 Å². The SMILES string of the molecule is O=C(CC[C@@H]1CN(Cc2ccccn2)CC[C@@H]1N1CCN(c2ccccc2F)CC1)NCCc1cccc(Cl)c1. The molecule has 6 nitrogen and oxygen atoms in total. The largest absolute Gasteiger partial charge is 0.367 e. The van der Waals surface area contributed by atoms with Gasteiger partial charge in [0.05, 0.1) is 11.4 Å². The normalized spacial score (nSPS) is 20.4. The molecule has 0 bridgehead atoms. The highest BCUT2D eigenvalue weighted by Gasteiger charge is 2.35. The summed E-state index contributed by atoms with van der Waals surface area (Å²) in [4.78, 5) is 24.6. The van der Waals surface area contributed by atoms with Crippen molar-refractivity contribution in [2.45, 2.75) is 38.3 Å². The van der Waals surface area contributed by atoms with Gasteiger partial charge in [0.25, 0.3) is 0 Å². The third-order valence-corrected chi connectivity index (χ3v) is 8.47. The third-order valence-electron chi connectivity index (χ3n) is 8.23. The Morgan fingerprint density at radius 1 is 1.00 bits per heavy atom. The molecule has 2 fully saturated rings. The number of amides is 1. The van der Waals surface area contributed by atoms with Gasteiger partial charge in [-0.15, -0.1) is 0 Å². The molecule has 0 spiro atoms. The van der Waals surface area contributed by atoms with Crippen molar-refractivity contribution in [2.24, 2.45) is 5.92 Å². The Hall–Kier alpha value is -3.00. The maximum Gasteiger partial charge on any atom is 0.220 e. The van der Waals surface area contributed by atoms with Crippen molar-refractivity contribution in [2.75, 3.05) is 50.7 Å². The predicted octanol–water partition coefficient (Wildman–Crippen LogP) is 5.03. The van der Waals surface area contributed by atoms with Crippen molar-refractivity contribution >= 4 is 23.2 Å². The maximum atomic E-state index is 14.4. The fourth-order valence-corrected chi connectivity index (χ4v) is 6.38. The lowest BCUT2D eigenvalue weighted by atomic mass is 9.86. The molecule has 40 heavy (non-hydrogen) atoms. The number of hydrogen-bond donors (Lipinski definition) is 1. The van der Waals surface area contributed by atoms with Crippen LogP contribution >= 0.6 is 11.6 Å². The van der Waals surface area contributed by atoms with Crippen molar-refractivity contribution in [3.63, 3.8) is 0 Å². The Kier molecular flexibility index (Phi) is 10.0. The first-order valence-corrected chi connectivity index (χ1v) is 14.8. The summed E-state index contributed by atoms with van der Waals surface area (Å²) >= 11 is 6.09. The average Bonchev–Trinajstić information content (AvgIpc) is 2.97. The van der Waals surface area contributed by atoms with E-state index in [0.29, 0.717) is 30.6 Å². The number of nitrogens with one attached hydrogen (secondary N) is 1. The second-order valence-electron chi connectivity index (χ2n) is 10.9. The highest BCUT2D eigenvalue weighted by Crippen LogP contribution is 2.29. The number of carbonyl (C=O) groups is 1. The van der Waals surface area contributed by atoms with Crippen molar-refractivity contribution in [1.82, 2.24) is 20.1 Å². The number of para-hydroxylation sites is 1.